The lowest BCUT2D eigenvalue weighted by Crippen LogP contribution is -1.97. The van der Waals surface area contributed by atoms with Crippen LogP contribution in [0.4, 0.5) is 5.69 Å². The third kappa shape index (κ3) is 2.77. The number of aromatic hydroxyl groups is 1. The Balaban J connectivity index is 2.02. The minimum atomic E-state index is 0.337. The summed E-state index contributed by atoms with van der Waals surface area (Å²) in [5, 5.41) is 14.8. The van der Waals surface area contributed by atoms with Gasteiger partial charge in [0.05, 0.1) is 0 Å². The molecule has 0 radical (unpaired) electrons. The number of aryl methyl sites for hydroxylation is 1. The second kappa shape index (κ2) is 4.89. The van der Waals surface area contributed by atoms with Gasteiger partial charge in [0.1, 0.15) is 5.75 Å². The van der Waals surface area contributed by atoms with E-state index in [2.05, 4.69) is 32.7 Å². The van der Waals surface area contributed by atoms with Crippen LogP contribution < -0.4 is 5.32 Å². The molecule has 2 rings (SSSR count). The fraction of sp³-hybridized carbons (Fsp3) is 0.167. The van der Waals surface area contributed by atoms with Crippen molar-refractivity contribution in [2.75, 3.05) is 5.32 Å². The van der Waals surface area contributed by atoms with E-state index in [1.807, 2.05) is 19.1 Å². The first-order valence-corrected chi connectivity index (χ1v) is 6.59. The van der Waals surface area contributed by atoms with Gasteiger partial charge in [0, 0.05) is 27.0 Å². The summed E-state index contributed by atoms with van der Waals surface area (Å²) in [6, 6.07) is 7.63. The summed E-state index contributed by atoms with van der Waals surface area (Å²) in [5.74, 6) is 0.337. The van der Waals surface area contributed by atoms with Crippen molar-refractivity contribution in [3.05, 3.63) is 44.6 Å². The van der Waals surface area contributed by atoms with Gasteiger partial charge in [0.25, 0.3) is 0 Å². The number of nitrogens with one attached hydrogen (secondary N) is 1. The number of halogens is 1. The van der Waals surface area contributed by atoms with E-state index < -0.39 is 0 Å². The van der Waals surface area contributed by atoms with Crippen molar-refractivity contribution in [2.24, 2.45) is 0 Å². The maximum absolute atomic E-state index is 9.40. The van der Waals surface area contributed by atoms with Crippen molar-refractivity contribution < 1.29 is 5.11 Å². The molecule has 0 aliphatic carbocycles. The van der Waals surface area contributed by atoms with Crippen LogP contribution in [0.3, 0.4) is 0 Å². The van der Waals surface area contributed by atoms with Crippen LogP contribution in [0, 0.1) is 6.92 Å². The molecule has 0 aliphatic heterocycles. The first-order chi connectivity index (χ1) is 7.65. The molecule has 0 saturated heterocycles. The molecule has 0 amide bonds. The molecule has 0 bridgehead atoms. The van der Waals surface area contributed by atoms with Crippen LogP contribution in [0.1, 0.15) is 10.4 Å². The molecule has 1 heterocycles. The van der Waals surface area contributed by atoms with Crippen LogP contribution in [-0.2, 0) is 6.54 Å². The SMILES string of the molecule is Cc1cc(NCc2cc(Br)cs2)ccc1O. The predicted octanol–water partition coefficient (Wildman–Crippen LogP) is 4.14. The van der Waals surface area contributed by atoms with Crippen LogP contribution in [-0.4, -0.2) is 5.11 Å². The van der Waals surface area contributed by atoms with Gasteiger partial charge in [0.2, 0.25) is 0 Å². The molecule has 2 N–H and O–H groups in total. The Labute approximate surface area is 107 Å². The topological polar surface area (TPSA) is 32.3 Å². The van der Waals surface area contributed by atoms with E-state index in [4.69, 9.17) is 0 Å². The number of hydrogen-bond donors (Lipinski definition) is 2. The number of benzene rings is 1. The van der Waals surface area contributed by atoms with Crippen LogP contribution in [0.25, 0.3) is 0 Å². The average Bonchev–Trinajstić information content (AvgIpc) is 2.66. The Hall–Kier alpha value is -1.00. The molecule has 1 aromatic carbocycles. The zero-order chi connectivity index (χ0) is 11.5. The molecular weight excluding hydrogens is 286 g/mol. The van der Waals surface area contributed by atoms with E-state index in [1.54, 1.807) is 17.4 Å². The molecule has 0 atom stereocenters. The van der Waals surface area contributed by atoms with Crippen LogP contribution >= 0.6 is 27.3 Å². The van der Waals surface area contributed by atoms with Crippen molar-refractivity contribution >= 4 is 33.0 Å². The van der Waals surface area contributed by atoms with Crippen molar-refractivity contribution in [1.82, 2.24) is 0 Å². The molecular formula is C12H12BrNOS. The number of phenols is 1. The number of anilines is 1. The summed E-state index contributed by atoms with van der Waals surface area (Å²) in [5.41, 5.74) is 1.91. The van der Waals surface area contributed by atoms with Gasteiger partial charge in [0.15, 0.2) is 0 Å². The van der Waals surface area contributed by atoms with Gasteiger partial charge in [-0.1, -0.05) is 0 Å². The summed E-state index contributed by atoms with van der Waals surface area (Å²) in [6.45, 7) is 2.70. The lowest BCUT2D eigenvalue weighted by Gasteiger charge is -2.06. The van der Waals surface area contributed by atoms with Crippen LogP contribution in [0.5, 0.6) is 5.75 Å². The average molecular weight is 298 g/mol. The van der Waals surface area contributed by atoms with Crippen molar-refractivity contribution in [3.8, 4) is 5.75 Å². The highest BCUT2D eigenvalue weighted by atomic mass is 79.9. The minimum Gasteiger partial charge on any atom is -0.508 e. The van der Waals surface area contributed by atoms with Gasteiger partial charge in [-0.15, -0.1) is 11.3 Å². The number of phenolic OH excluding ortho intramolecular Hbond substituents is 1. The molecule has 0 unspecified atom stereocenters. The fourth-order valence-corrected chi connectivity index (χ4v) is 2.79. The molecule has 0 saturated carbocycles. The maximum atomic E-state index is 9.40. The first kappa shape index (κ1) is 11.5. The summed E-state index contributed by atoms with van der Waals surface area (Å²) in [4.78, 5) is 1.28. The summed E-state index contributed by atoms with van der Waals surface area (Å²) < 4.78 is 1.12. The van der Waals surface area contributed by atoms with Gasteiger partial charge in [-0.2, -0.15) is 0 Å². The molecule has 2 aromatic rings. The zero-order valence-electron chi connectivity index (χ0n) is 8.83. The highest BCUT2D eigenvalue weighted by Crippen LogP contribution is 2.23. The van der Waals surface area contributed by atoms with Crippen molar-refractivity contribution in [3.63, 3.8) is 0 Å². The zero-order valence-corrected chi connectivity index (χ0v) is 11.2. The van der Waals surface area contributed by atoms with Crippen molar-refractivity contribution in [2.45, 2.75) is 13.5 Å². The van der Waals surface area contributed by atoms with E-state index in [0.29, 0.717) is 5.75 Å². The molecule has 16 heavy (non-hydrogen) atoms. The first-order valence-electron chi connectivity index (χ1n) is 4.91. The van der Waals surface area contributed by atoms with E-state index >= 15 is 0 Å². The Morgan fingerprint density at radius 2 is 2.19 bits per heavy atom. The lowest BCUT2D eigenvalue weighted by atomic mass is 10.2. The summed E-state index contributed by atoms with van der Waals surface area (Å²) in [7, 11) is 0. The van der Waals surface area contributed by atoms with E-state index in [-0.39, 0.29) is 0 Å². The number of hydrogen-bond acceptors (Lipinski definition) is 3. The Bertz CT molecular complexity index is 496. The van der Waals surface area contributed by atoms with Gasteiger partial charge in [-0.25, -0.2) is 0 Å². The van der Waals surface area contributed by atoms with Crippen LogP contribution in [0.2, 0.25) is 0 Å². The van der Waals surface area contributed by atoms with Gasteiger partial charge in [-0.05, 0) is 52.7 Å². The Morgan fingerprint density at radius 3 is 2.81 bits per heavy atom. The summed E-state index contributed by atoms with van der Waals surface area (Å²) >= 11 is 5.15. The highest BCUT2D eigenvalue weighted by molar-refractivity contribution is 9.10. The molecule has 0 fully saturated rings. The standard InChI is InChI=1S/C12H12BrNOS/c1-8-4-10(2-3-12(8)15)14-6-11-5-9(13)7-16-11/h2-5,7,14-15H,6H2,1H3. The van der Waals surface area contributed by atoms with E-state index in [1.165, 1.54) is 4.88 Å². The second-order valence-corrected chi connectivity index (χ2v) is 5.50. The number of rotatable bonds is 3. The lowest BCUT2D eigenvalue weighted by molar-refractivity contribution is 0.471. The van der Waals surface area contributed by atoms with E-state index in [0.717, 1.165) is 22.3 Å². The smallest absolute Gasteiger partial charge is 0.118 e. The third-order valence-electron chi connectivity index (χ3n) is 2.29. The van der Waals surface area contributed by atoms with Gasteiger partial charge in [-0.3, -0.25) is 0 Å². The molecule has 0 spiro atoms. The largest absolute Gasteiger partial charge is 0.508 e. The minimum absolute atomic E-state index is 0.337. The normalized spacial score (nSPS) is 10.4. The quantitative estimate of drug-likeness (QED) is 0.835. The van der Waals surface area contributed by atoms with Gasteiger partial charge >= 0.3 is 0 Å². The fourth-order valence-electron chi connectivity index (χ4n) is 1.40. The molecule has 4 heteroatoms. The van der Waals surface area contributed by atoms with Gasteiger partial charge < -0.3 is 10.4 Å². The maximum Gasteiger partial charge on any atom is 0.118 e. The van der Waals surface area contributed by atoms with Crippen molar-refractivity contribution in [1.29, 1.82) is 0 Å². The van der Waals surface area contributed by atoms with E-state index in [9.17, 15) is 5.11 Å². The summed E-state index contributed by atoms with van der Waals surface area (Å²) in [6.07, 6.45) is 0. The molecule has 0 aliphatic rings. The predicted molar refractivity (Wildman–Crippen MR) is 72.2 cm³/mol. The number of thiophene rings is 1. The Kier molecular flexibility index (Phi) is 3.51. The van der Waals surface area contributed by atoms with Crippen LogP contribution in [0.15, 0.2) is 34.1 Å². The molecule has 2 nitrogen and oxygen atoms in total. The Morgan fingerprint density at radius 1 is 1.38 bits per heavy atom. The third-order valence-corrected chi connectivity index (χ3v) is 3.98. The highest BCUT2D eigenvalue weighted by Gasteiger charge is 2.00. The molecule has 84 valence electrons. The monoisotopic (exact) mass is 297 g/mol. The molecule has 1 aromatic heterocycles. The second-order valence-electron chi connectivity index (χ2n) is 3.59.